The lowest BCUT2D eigenvalue weighted by atomic mass is 10.2. The Hall–Kier alpha value is -1.34. The molecule has 0 saturated heterocycles. The number of carbonyl (C=O) groups excluding carboxylic acids is 1. The molecule has 0 radical (unpaired) electrons. The van der Waals surface area contributed by atoms with Crippen LogP contribution < -0.4 is 15.4 Å². The van der Waals surface area contributed by atoms with Crippen LogP contribution in [0.25, 0.3) is 0 Å². The zero-order chi connectivity index (χ0) is 16.0. The van der Waals surface area contributed by atoms with Crippen LogP contribution in [0.1, 0.15) is 27.2 Å². The zero-order valence-electron chi connectivity index (χ0n) is 12.9. The molecule has 1 rings (SSSR count). The molecule has 0 aromatic carbocycles. The lowest BCUT2D eigenvalue weighted by molar-refractivity contribution is 0.0588. The predicted molar refractivity (Wildman–Crippen MR) is 85.7 cm³/mol. The van der Waals surface area contributed by atoms with Crippen LogP contribution in [0.15, 0.2) is 16.6 Å². The molecule has 2 N–H and O–H groups in total. The standard InChI is InChI=1S/C14H22BrN3O3/c1-14(2,3)21-13(19)18(4)11-7-6-10(15)12(17-11)20-9-5-8-16/h6-7H,5,8-9,16H2,1-4H3. The highest BCUT2D eigenvalue weighted by atomic mass is 79.9. The van der Waals surface area contributed by atoms with Crippen molar-refractivity contribution in [1.82, 2.24) is 4.98 Å². The van der Waals surface area contributed by atoms with Crippen LogP contribution in [0.2, 0.25) is 0 Å². The third-order valence-corrected chi connectivity index (χ3v) is 3.00. The maximum atomic E-state index is 12.0. The van der Waals surface area contributed by atoms with Crippen LogP contribution >= 0.6 is 15.9 Å². The average molecular weight is 360 g/mol. The Bertz CT molecular complexity index is 489. The highest BCUT2D eigenvalue weighted by Crippen LogP contribution is 2.26. The molecule has 1 heterocycles. The van der Waals surface area contributed by atoms with Crippen LogP contribution in [0.3, 0.4) is 0 Å². The minimum Gasteiger partial charge on any atom is -0.477 e. The lowest BCUT2D eigenvalue weighted by Gasteiger charge is -2.24. The fraction of sp³-hybridized carbons (Fsp3) is 0.571. The van der Waals surface area contributed by atoms with E-state index in [2.05, 4.69) is 20.9 Å². The van der Waals surface area contributed by atoms with Crippen LogP contribution in [-0.2, 0) is 4.74 Å². The van der Waals surface area contributed by atoms with Gasteiger partial charge in [0.15, 0.2) is 0 Å². The van der Waals surface area contributed by atoms with Gasteiger partial charge in [-0.2, -0.15) is 4.98 Å². The highest BCUT2D eigenvalue weighted by molar-refractivity contribution is 9.10. The van der Waals surface area contributed by atoms with E-state index in [1.165, 1.54) is 4.90 Å². The Morgan fingerprint density at radius 1 is 1.43 bits per heavy atom. The first-order valence-corrected chi connectivity index (χ1v) is 7.50. The summed E-state index contributed by atoms with van der Waals surface area (Å²) in [6, 6.07) is 3.49. The van der Waals surface area contributed by atoms with Gasteiger partial charge in [0, 0.05) is 7.05 Å². The number of amides is 1. The second-order valence-electron chi connectivity index (χ2n) is 5.49. The summed E-state index contributed by atoms with van der Waals surface area (Å²) >= 11 is 3.36. The fourth-order valence-electron chi connectivity index (χ4n) is 1.38. The molecule has 118 valence electrons. The number of aromatic nitrogens is 1. The molecule has 0 unspecified atom stereocenters. The summed E-state index contributed by atoms with van der Waals surface area (Å²) in [5.74, 6) is 0.881. The molecule has 0 atom stereocenters. The number of ether oxygens (including phenoxy) is 2. The molecular weight excluding hydrogens is 338 g/mol. The van der Waals surface area contributed by atoms with Gasteiger partial charge in [-0.15, -0.1) is 0 Å². The first kappa shape index (κ1) is 17.7. The number of halogens is 1. The first-order chi connectivity index (χ1) is 9.74. The van der Waals surface area contributed by atoms with E-state index in [0.717, 1.165) is 10.9 Å². The summed E-state index contributed by atoms with van der Waals surface area (Å²) in [4.78, 5) is 17.7. The highest BCUT2D eigenvalue weighted by Gasteiger charge is 2.22. The fourth-order valence-corrected chi connectivity index (χ4v) is 1.71. The van der Waals surface area contributed by atoms with E-state index < -0.39 is 11.7 Å². The van der Waals surface area contributed by atoms with Gasteiger partial charge in [0.2, 0.25) is 5.88 Å². The van der Waals surface area contributed by atoms with Gasteiger partial charge in [-0.3, -0.25) is 4.90 Å². The van der Waals surface area contributed by atoms with Crippen LogP contribution in [0.4, 0.5) is 10.6 Å². The summed E-state index contributed by atoms with van der Waals surface area (Å²) in [6.07, 6.45) is 0.269. The largest absolute Gasteiger partial charge is 0.477 e. The molecule has 0 aliphatic heterocycles. The van der Waals surface area contributed by atoms with E-state index in [9.17, 15) is 4.79 Å². The second kappa shape index (κ2) is 7.61. The van der Waals surface area contributed by atoms with Crippen molar-refractivity contribution in [3.63, 3.8) is 0 Å². The van der Waals surface area contributed by atoms with Crippen molar-refractivity contribution in [3.05, 3.63) is 16.6 Å². The van der Waals surface area contributed by atoms with Crippen LogP contribution in [0.5, 0.6) is 5.88 Å². The molecule has 0 aliphatic carbocycles. The third kappa shape index (κ3) is 5.89. The summed E-state index contributed by atoms with van der Waals surface area (Å²) in [7, 11) is 1.61. The number of nitrogens with two attached hydrogens (primary N) is 1. The molecule has 0 aliphatic rings. The second-order valence-corrected chi connectivity index (χ2v) is 6.34. The summed E-state index contributed by atoms with van der Waals surface area (Å²) in [5, 5.41) is 0. The Kier molecular flexibility index (Phi) is 6.42. The van der Waals surface area contributed by atoms with Crippen molar-refractivity contribution in [2.45, 2.75) is 32.8 Å². The maximum absolute atomic E-state index is 12.0. The summed E-state index contributed by atoms with van der Waals surface area (Å²) < 4.78 is 11.6. The number of carbonyl (C=O) groups is 1. The molecule has 0 bridgehead atoms. The monoisotopic (exact) mass is 359 g/mol. The topological polar surface area (TPSA) is 77.7 Å². The van der Waals surface area contributed by atoms with Gasteiger partial charge >= 0.3 is 6.09 Å². The average Bonchev–Trinajstić information content (AvgIpc) is 2.38. The van der Waals surface area contributed by atoms with Crippen molar-refractivity contribution in [3.8, 4) is 5.88 Å². The van der Waals surface area contributed by atoms with E-state index in [0.29, 0.717) is 24.8 Å². The van der Waals surface area contributed by atoms with Crippen molar-refractivity contribution >= 4 is 27.8 Å². The smallest absolute Gasteiger partial charge is 0.415 e. The third-order valence-electron chi connectivity index (χ3n) is 2.40. The molecule has 21 heavy (non-hydrogen) atoms. The van der Waals surface area contributed by atoms with Gasteiger partial charge in [-0.05, 0) is 61.8 Å². The van der Waals surface area contributed by atoms with E-state index in [1.807, 2.05) is 20.8 Å². The van der Waals surface area contributed by atoms with Crippen LogP contribution in [-0.4, -0.2) is 36.9 Å². The SMILES string of the molecule is CN(C(=O)OC(C)(C)C)c1ccc(Br)c(OCCCN)n1. The Morgan fingerprint density at radius 3 is 2.67 bits per heavy atom. The molecule has 6 nitrogen and oxygen atoms in total. The molecular formula is C14H22BrN3O3. The zero-order valence-corrected chi connectivity index (χ0v) is 14.4. The normalized spacial score (nSPS) is 11.1. The summed E-state index contributed by atoms with van der Waals surface area (Å²) in [5.41, 5.74) is 4.87. The molecule has 1 amide bonds. The van der Waals surface area contributed by atoms with Crippen molar-refractivity contribution < 1.29 is 14.3 Å². The summed E-state index contributed by atoms with van der Waals surface area (Å²) in [6.45, 7) is 6.47. The number of rotatable bonds is 5. The number of nitrogens with zero attached hydrogens (tertiary/aromatic N) is 2. The molecule has 0 spiro atoms. The Morgan fingerprint density at radius 2 is 2.10 bits per heavy atom. The van der Waals surface area contributed by atoms with E-state index in [4.69, 9.17) is 15.2 Å². The van der Waals surface area contributed by atoms with E-state index >= 15 is 0 Å². The maximum Gasteiger partial charge on any atom is 0.415 e. The minimum absolute atomic E-state index is 0.427. The molecule has 0 fully saturated rings. The van der Waals surface area contributed by atoms with E-state index in [1.54, 1.807) is 19.2 Å². The van der Waals surface area contributed by atoms with Gasteiger partial charge in [0.05, 0.1) is 11.1 Å². The van der Waals surface area contributed by atoms with Crippen molar-refractivity contribution in [2.75, 3.05) is 25.1 Å². The van der Waals surface area contributed by atoms with Gasteiger partial charge in [-0.25, -0.2) is 4.79 Å². The first-order valence-electron chi connectivity index (χ1n) is 6.70. The van der Waals surface area contributed by atoms with Gasteiger partial charge in [-0.1, -0.05) is 0 Å². The Balaban J connectivity index is 2.82. The number of anilines is 1. The minimum atomic E-state index is -0.554. The van der Waals surface area contributed by atoms with Crippen molar-refractivity contribution in [2.24, 2.45) is 5.73 Å². The van der Waals surface area contributed by atoms with Gasteiger partial charge < -0.3 is 15.2 Å². The van der Waals surface area contributed by atoms with Crippen molar-refractivity contribution in [1.29, 1.82) is 0 Å². The number of hydrogen-bond donors (Lipinski definition) is 1. The molecule has 0 saturated carbocycles. The molecule has 1 aromatic heterocycles. The van der Waals surface area contributed by atoms with E-state index in [-0.39, 0.29) is 0 Å². The van der Waals surface area contributed by atoms with Crippen LogP contribution in [0, 0.1) is 0 Å². The molecule has 7 heteroatoms. The number of hydrogen-bond acceptors (Lipinski definition) is 5. The Labute approximate surface area is 133 Å². The quantitative estimate of drug-likeness (QED) is 0.817. The predicted octanol–water partition coefficient (Wildman–Crippen LogP) is 2.94. The lowest BCUT2D eigenvalue weighted by Crippen LogP contribution is -2.34. The number of pyridine rings is 1. The molecule has 1 aromatic rings. The van der Waals surface area contributed by atoms with Gasteiger partial charge in [0.25, 0.3) is 0 Å². The van der Waals surface area contributed by atoms with Gasteiger partial charge in [0.1, 0.15) is 11.4 Å².